The molecule has 0 aliphatic carbocycles. The van der Waals surface area contributed by atoms with Crippen molar-refractivity contribution in [2.24, 2.45) is 0 Å². The van der Waals surface area contributed by atoms with Crippen molar-refractivity contribution in [3.05, 3.63) is 39.9 Å². The van der Waals surface area contributed by atoms with E-state index in [1.165, 1.54) is 24.6 Å². The van der Waals surface area contributed by atoms with Crippen LogP contribution in [0.4, 0.5) is 0 Å². The predicted octanol–water partition coefficient (Wildman–Crippen LogP) is 2.01. The maximum atomic E-state index is 12.0. The lowest BCUT2D eigenvalue weighted by molar-refractivity contribution is 0.410. The van der Waals surface area contributed by atoms with Gasteiger partial charge in [-0.25, -0.2) is 13.1 Å². The fourth-order valence-corrected chi connectivity index (χ4v) is 3.03. The second-order valence-corrected chi connectivity index (χ2v) is 6.60. The van der Waals surface area contributed by atoms with Gasteiger partial charge in [0.1, 0.15) is 0 Å². The van der Waals surface area contributed by atoms with Crippen molar-refractivity contribution in [1.29, 1.82) is 0 Å². The Labute approximate surface area is 123 Å². The average molecular weight is 367 g/mol. The molecule has 0 bridgehead atoms. The van der Waals surface area contributed by atoms with E-state index in [0.717, 1.165) is 0 Å². The Morgan fingerprint density at radius 3 is 2.84 bits per heavy atom. The van der Waals surface area contributed by atoms with E-state index in [4.69, 9.17) is 11.6 Å². The lowest BCUT2D eigenvalue weighted by Gasteiger charge is -2.06. The molecule has 1 aromatic heterocycles. The van der Waals surface area contributed by atoms with E-state index >= 15 is 0 Å². The van der Waals surface area contributed by atoms with Crippen LogP contribution in [0.5, 0.6) is 0 Å². The number of benzene rings is 1. The van der Waals surface area contributed by atoms with Crippen molar-refractivity contribution >= 4 is 37.6 Å². The van der Waals surface area contributed by atoms with Gasteiger partial charge in [0.25, 0.3) is 0 Å². The minimum atomic E-state index is -3.58. The molecule has 0 radical (unpaired) electrons. The molecule has 0 aliphatic heterocycles. The summed E-state index contributed by atoms with van der Waals surface area (Å²) in [6.45, 7) is 0.183. The molecule has 0 saturated carbocycles. The van der Waals surface area contributed by atoms with E-state index in [1.807, 2.05) is 0 Å². The highest BCUT2D eigenvalue weighted by atomic mass is 79.9. The van der Waals surface area contributed by atoms with Gasteiger partial charge in [-0.05, 0) is 34.1 Å². The normalized spacial score (nSPS) is 11.7. The SMILES string of the molecule is O=S(=O)(NCCc1ncon1)c1ccc(Cl)c(Br)c1. The van der Waals surface area contributed by atoms with Crippen molar-refractivity contribution < 1.29 is 12.9 Å². The molecule has 0 aliphatic rings. The summed E-state index contributed by atoms with van der Waals surface area (Å²) in [4.78, 5) is 3.93. The molecule has 0 fully saturated rings. The molecule has 2 rings (SSSR count). The van der Waals surface area contributed by atoms with Crippen molar-refractivity contribution in [3.63, 3.8) is 0 Å². The maximum absolute atomic E-state index is 12.0. The van der Waals surface area contributed by atoms with Gasteiger partial charge in [0.05, 0.1) is 9.92 Å². The fraction of sp³-hybridized carbons (Fsp3) is 0.200. The minimum Gasteiger partial charge on any atom is -0.343 e. The molecule has 0 amide bonds. The van der Waals surface area contributed by atoms with E-state index in [-0.39, 0.29) is 11.4 Å². The first-order chi connectivity index (χ1) is 8.99. The summed E-state index contributed by atoms with van der Waals surface area (Å²) in [6, 6.07) is 4.39. The Hall–Kier alpha value is -0.960. The third kappa shape index (κ3) is 3.75. The summed E-state index contributed by atoms with van der Waals surface area (Å²) in [5, 5.41) is 4.04. The Bertz CT molecular complexity index is 661. The van der Waals surface area contributed by atoms with Gasteiger partial charge in [-0.1, -0.05) is 16.8 Å². The first-order valence-corrected chi connectivity index (χ1v) is 7.84. The smallest absolute Gasteiger partial charge is 0.240 e. The molecule has 19 heavy (non-hydrogen) atoms. The number of hydrogen-bond acceptors (Lipinski definition) is 5. The quantitative estimate of drug-likeness (QED) is 0.875. The second-order valence-electron chi connectivity index (χ2n) is 3.57. The van der Waals surface area contributed by atoms with E-state index in [0.29, 0.717) is 21.7 Å². The van der Waals surface area contributed by atoms with Crippen molar-refractivity contribution in [2.45, 2.75) is 11.3 Å². The highest BCUT2D eigenvalue weighted by molar-refractivity contribution is 9.10. The number of sulfonamides is 1. The van der Waals surface area contributed by atoms with Gasteiger partial charge in [-0.3, -0.25) is 0 Å². The van der Waals surface area contributed by atoms with E-state index < -0.39 is 10.0 Å². The third-order valence-electron chi connectivity index (χ3n) is 2.25. The number of aromatic nitrogens is 2. The van der Waals surface area contributed by atoms with Crippen LogP contribution < -0.4 is 4.72 Å². The highest BCUT2D eigenvalue weighted by Crippen LogP contribution is 2.25. The largest absolute Gasteiger partial charge is 0.343 e. The Kier molecular flexibility index (Phi) is 4.56. The molecule has 6 nitrogen and oxygen atoms in total. The van der Waals surface area contributed by atoms with Crippen molar-refractivity contribution in [3.8, 4) is 0 Å². The van der Waals surface area contributed by atoms with E-state index in [9.17, 15) is 8.42 Å². The molecule has 0 atom stereocenters. The zero-order valence-electron chi connectivity index (χ0n) is 9.51. The zero-order chi connectivity index (χ0) is 13.9. The summed E-state index contributed by atoms with van der Waals surface area (Å²) in [5.41, 5.74) is 0. The highest BCUT2D eigenvalue weighted by Gasteiger charge is 2.15. The van der Waals surface area contributed by atoms with Crippen LogP contribution >= 0.6 is 27.5 Å². The van der Waals surface area contributed by atoms with Gasteiger partial charge in [0.15, 0.2) is 5.82 Å². The molecule has 0 unspecified atom stereocenters. The van der Waals surface area contributed by atoms with Crippen LogP contribution in [0.15, 0.2) is 38.5 Å². The fourth-order valence-electron chi connectivity index (χ4n) is 1.33. The molecular formula is C10H9BrClN3O3S. The van der Waals surface area contributed by atoms with Gasteiger partial charge in [-0.2, -0.15) is 4.98 Å². The van der Waals surface area contributed by atoms with Gasteiger partial charge in [0, 0.05) is 17.4 Å². The van der Waals surface area contributed by atoms with Crippen molar-refractivity contribution in [1.82, 2.24) is 14.9 Å². The van der Waals surface area contributed by atoms with Gasteiger partial charge in [-0.15, -0.1) is 0 Å². The minimum absolute atomic E-state index is 0.136. The Balaban J connectivity index is 2.03. The summed E-state index contributed by atoms with van der Waals surface area (Å²) >= 11 is 9.00. The standard InChI is InChI=1S/C10H9BrClN3O3S/c11-8-5-7(1-2-9(8)12)19(16,17)14-4-3-10-13-6-18-15-10/h1-2,5-6,14H,3-4H2. The van der Waals surface area contributed by atoms with Crippen molar-refractivity contribution in [2.75, 3.05) is 6.54 Å². The van der Waals surface area contributed by atoms with E-state index in [1.54, 1.807) is 0 Å². The number of nitrogens with one attached hydrogen (secondary N) is 1. The molecule has 1 aromatic carbocycles. The zero-order valence-corrected chi connectivity index (χ0v) is 12.7. The molecule has 2 aromatic rings. The first-order valence-electron chi connectivity index (χ1n) is 5.19. The molecule has 102 valence electrons. The monoisotopic (exact) mass is 365 g/mol. The predicted molar refractivity (Wildman–Crippen MR) is 72.3 cm³/mol. The molecule has 1 N–H and O–H groups in total. The summed E-state index contributed by atoms with van der Waals surface area (Å²) in [7, 11) is -3.58. The molecular weight excluding hydrogens is 358 g/mol. The molecule has 1 heterocycles. The summed E-state index contributed by atoms with van der Waals surface area (Å²) < 4.78 is 31.5. The number of halogens is 2. The molecule has 0 spiro atoms. The van der Waals surface area contributed by atoms with Crippen LogP contribution in [0, 0.1) is 0 Å². The summed E-state index contributed by atoms with van der Waals surface area (Å²) in [5.74, 6) is 0.444. The van der Waals surface area contributed by atoms with Crippen LogP contribution in [0.3, 0.4) is 0 Å². The number of nitrogens with zero attached hydrogens (tertiary/aromatic N) is 2. The lowest BCUT2D eigenvalue weighted by atomic mass is 10.4. The van der Waals surface area contributed by atoms with Crippen LogP contribution in [0.2, 0.25) is 5.02 Å². The summed E-state index contributed by atoms with van der Waals surface area (Å²) in [6.07, 6.45) is 1.55. The van der Waals surface area contributed by atoms with Gasteiger partial charge >= 0.3 is 0 Å². The average Bonchev–Trinajstić information content (AvgIpc) is 2.85. The molecule has 9 heteroatoms. The van der Waals surface area contributed by atoms with E-state index in [2.05, 4.69) is 35.3 Å². The van der Waals surface area contributed by atoms with Crippen LogP contribution in [0.25, 0.3) is 0 Å². The number of hydrogen-bond donors (Lipinski definition) is 1. The second kappa shape index (κ2) is 6.00. The number of rotatable bonds is 5. The topological polar surface area (TPSA) is 85.1 Å². The third-order valence-corrected chi connectivity index (χ3v) is 4.92. The van der Waals surface area contributed by atoms with Gasteiger partial charge in [0.2, 0.25) is 16.4 Å². The Morgan fingerprint density at radius 1 is 1.42 bits per heavy atom. The lowest BCUT2D eigenvalue weighted by Crippen LogP contribution is -2.26. The molecule has 0 saturated heterocycles. The van der Waals surface area contributed by atoms with Crippen LogP contribution in [-0.2, 0) is 16.4 Å². The Morgan fingerprint density at radius 2 is 2.21 bits per heavy atom. The van der Waals surface area contributed by atoms with Crippen LogP contribution in [0.1, 0.15) is 5.82 Å². The van der Waals surface area contributed by atoms with Crippen LogP contribution in [-0.4, -0.2) is 25.1 Å². The maximum Gasteiger partial charge on any atom is 0.240 e. The first kappa shape index (κ1) is 14.4. The van der Waals surface area contributed by atoms with Gasteiger partial charge < -0.3 is 4.52 Å².